The van der Waals surface area contributed by atoms with Gasteiger partial charge in [-0.15, -0.1) is 0 Å². The van der Waals surface area contributed by atoms with Crippen LogP contribution in [-0.2, 0) is 4.79 Å². The molecule has 6 nitrogen and oxygen atoms in total. The Morgan fingerprint density at radius 1 is 0.875 bits per heavy atom. The average molecular weight is 366 g/mol. The van der Waals surface area contributed by atoms with Gasteiger partial charge in [0, 0.05) is 10.6 Å². The second kappa shape index (κ2) is 8.33. The molecule has 8 heteroatoms. The van der Waals surface area contributed by atoms with Gasteiger partial charge in [-0.25, -0.2) is 0 Å². The van der Waals surface area contributed by atoms with E-state index in [2.05, 4.69) is 16.2 Å². The van der Waals surface area contributed by atoms with E-state index in [1.54, 1.807) is 36.4 Å². The number of hydrogen-bond donors (Lipinski definition) is 3. The molecule has 3 N–H and O–H groups in total. The zero-order valence-electron chi connectivity index (χ0n) is 12.3. The van der Waals surface area contributed by atoms with Crippen molar-refractivity contribution >= 4 is 40.9 Å². The molecule has 3 amide bonds. The summed E-state index contributed by atoms with van der Waals surface area (Å²) in [6.45, 7) is -0.294. The van der Waals surface area contributed by atoms with E-state index >= 15 is 0 Å². The first-order valence-electron chi connectivity index (χ1n) is 6.85. The third kappa shape index (κ3) is 4.97. The van der Waals surface area contributed by atoms with E-state index in [0.29, 0.717) is 10.6 Å². The highest BCUT2D eigenvalue weighted by Crippen LogP contribution is 2.20. The van der Waals surface area contributed by atoms with E-state index < -0.39 is 17.7 Å². The number of benzene rings is 2. The predicted molar refractivity (Wildman–Crippen MR) is 90.8 cm³/mol. The monoisotopic (exact) mass is 365 g/mol. The fourth-order valence-corrected chi connectivity index (χ4v) is 2.14. The van der Waals surface area contributed by atoms with Crippen molar-refractivity contribution in [1.29, 1.82) is 0 Å². The van der Waals surface area contributed by atoms with Gasteiger partial charge < -0.3 is 5.32 Å². The first-order chi connectivity index (χ1) is 11.5. The lowest BCUT2D eigenvalue weighted by atomic mass is 10.2. The molecule has 24 heavy (non-hydrogen) atoms. The zero-order valence-corrected chi connectivity index (χ0v) is 13.8. The van der Waals surface area contributed by atoms with Crippen LogP contribution in [0.2, 0.25) is 10.0 Å². The Balaban J connectivity index is 1.82. The van der Waals surface area contributed by atoms with Gasteiger partial charge in [0.15, 0.2) is 0 Å². The molecule has 124 valence electrons. The van der Waals surface area contributed by atoms with Crippen LogP contribution in [0.1, 0.15) is 20.7 Å². The average Bonchev–Trinajstić information content (AvgIpc) is 2.60. The standard InChI is InChI=1S/C16H13Cl2N3O3/c17-11-6-7-13(18)12(8-11)16(24)21-20-14(22)9-19-15(23)10-4-2-1-3-5-10/h1-8H,9H2,(H,19,23)(H,20,22)(H,21,24). The molecule has 0 spiro atoms. The second-order valence-corrected chi connectivity index (χ2v) is 5.52. The topological polar surface area (TPSA) is 87.3 Å². The summed E-state index contributed by atoms with van der Waals surface area (Å²) in [5, 5.41) is 2.97. The van der Waals surface area contributed by atoms with E-state index in [1.165, 1.54) is 12.1 Å². The maximum Gasteiger partial charge on any atom is 0.271 e. The number of hydrogen-bond acceptors (Lipinski definition) is 3. The molecule has 0 saturated carbocycles. The molecular formula is C16H13Cl2N3O3. The quantitative estimate of drug-likeness (QED) is 0.725. The van der Waals surface area contributed by atoms with Gasteiger partial charge in [0.05, 0.1) is 17.1 Å². The van der Waals surface area contributed by atoms with Crippen molar-refractivity contribution in [3.63, 3.8) is 0 Å². The molecule has 0 aliphatic carbocycles. The van der Waals surface area contributed by atoms with Crippen LogP contribution in [0.4, 0.5) is 0 Å². The largest absolute Gasteiger partial charge is 0.343 e. The Morgan fingerprint density at radius 3 is 2.29 bits per heavy atom. The number of hydrazine groups is 1. The van der Waals surface area contributed by atoms with Crippen LogP contribution in [0, 0.1) is 0 Å². The van der Waals surface area contributed by atoms with Crippen LogP contribution in [0.5, 0.6) is 0 Å². The van der Waals surface area contributed by atoms with E-state index in [1.807, 2.05) is 0 Å². The van der Waals surface area contributed by atoms with Crippen LogP contribution in [0.25, 0.3) is 0 Å². The molecule has 2 aromatic carbocycles. The summed E-state index contributed by atoms with van der Waals surface area (Å²) in [6.07, 6.45) is 0. The molecule has 2 aromatic rings. The predicted octanol–water partition coefficient (Wildman–Crippen LogP) is 2.18. The fraction of sp³-hybridized carbons (Fsp3) is 0.0625. The summed E-state index contributed by atoms with van der Waals surface area (Å²) in [6, 6.07) is 12.8. The molecule has 0 saturated heterocycles. The highest BCUT2D eigenvalue weighted by Gasteiger charge is 2.12. The van der Waals surface area contributed by atoms with Crippen LogP contribution in [0.15, 0.2) is 48.5 Å². The van der Waals surface area contributed by atoms with Crippen LogP contribution >= 0.6 is 23.2 Å². The maximum absolute atomic E-state index is 11.9. The third-order valence-corrected chi connectivity index (χ3v) is 3.50. The molecule has 0 aromatic heterocycles. The Hall–Kier alpha value is -2.57. The Bertz CT molecular complexity index is 766. The van der Waals surface area contributed by atoms with Crippen molar-refractivity contribution in [3.05, 3.63) is 69.7 Å². The first kappa shape index (κ1) is 17.8. The Labute approximate surface area is 148 Å². The van der Waals surface area contributed by atoms with Crippen molar-refractivity contribution < 1.29 is 14.4 Å². The highest BCUT2D eigenvalue weighted by molar-refractivity contribution is 6.35. The minimum atomic E-state index is -0.620. The lowest BCUT2D eigenvalue weighted by Gasteiger charge is -2.09. The van der Waals surface area contributed by atoms with Crippen LogP contribution < -0.4 is 16.2 Å². The fourth-order valence-electron chi connectivity index (χ4n) is 1.76. The molecule has 0 atom stereocenters. The van der Waals surface area contributed by atoms with Gasteiger partial charge in [0.25, 0.3) is 17.7 Å². The third-order valence-electron chi connectivity index (χ3n) is 2.93. The number of nitrogens with one attached hydrogen (secondary N) is 3. The number of halogens is 2. The molecule has 0 aliphatic heterocycles. The van der Waals surface area contributed by atoms with Crippen molar-refractivity contribution in [2.45, 2.75) is 0 Å². The Kier molecular flexibility index (Phi) is 6.17. The number of carbonyl (C=O) groups is 3. The van der Waals surface area contributed by atoms with Gasteiger partial charge in [-0.1, -0.05) is 41.4 Å². The van der Waals surface area contributed by atoms with Crippen molar-refractivity contribution in [2.75, 3.05) is 6.54 Å². The summed E-state index contributed by atoms with van der Waals surface area (Å²) in [5.41, 5.74) is 4.93. The lowest BCUT2D eigenvalue weighted by Crippen LogP contribution is -2.46. The van der Waals surface area contributed by atoms with Crippen molar-refractivity contribution in [3.8, 4) is 0 Å². The maximum atomic E-state index is 11.9. The SMILES string of the molecule is O=C(CNC(=O)c1ccccc1)NNC(=O)c1cc(Cl)ccc1Cl. The number of rotatable bonds is 4. The van der Waals surface area contributed by atoms with E-state index in [0.717, 1.165) is 0 Å². The summed E-state index contributed by atoms with van der Waals surface area (Å²) in [5.74, 6) is -1.61. The summed E-state index contributed by atoms with van der Waals surface area (Å²) >= 11 is 11.7. The van der Waals surface area contributed by atoms with Crippen LogP contribution in [0.3, 0.4) is 0 Å². The zero-order chi connectivity index (χ0) is 17.5. The smallest absolute Gasteiger partial charge is 0.271 e. The molecule has 0 aliphatic rings. The minimum absolute atomic E-state index is 0.123. The molecule has 0 heterocycles. The number of amides is 3. The molecule has 0 unspecified atom stereocenters. The summed E-state index contributed by atoms with van der Waals surface area (Å²) in [7, 11) is 0. The normalized spacial score (nSPS) is 9.92. The molecule has 0 fully saturated rings. The number of carbonyl (C=O) groups excluding carboxylic acids is 3. The van der Waals surface area contributed by atoms with Gasteiger partial charge in [-0.05, 0) is 30.3 Å². The first-order valence-corrected chi connectivity index (χ1v) is 7.60. The van der Waals surface area contributed by atoms with E-state index in [9.17, 15) is 14.4 Å². The van der Waals surface area contributed by atoms with Gasteiger partial charge in [-0.3, -0.25) is 25.2 Å². The van der Waals surface area contributed by atoms with Gasteiger partial charge in [0.1, 0.15) is 0 Å². The van der Waals surface area contributed by atoms with Gasteiger partial charge in [0.2, 0.25) is 0 Å². The van der Waals surface area contributed by atoms with Gasteiger partial charge >= 0.3 is 0 Å². The van der Waals surface area contributed by atoms with Crippen LogP contribution in [-0.4, -0.2) is 24.3 Å². The van der Waals surface area contributed by atoms with Crippen molar-refractivity contribution in [2.24, 2.45) is 0 Å². The second-order valence-electron chi connectivity index (χ2n) is 4.68. The Morgan fingerprint density at radius 2 is 1.58 bits per heavy atom. The summed E-state index contributed by atoms with van der Waals surface area (Å²) < 4.78 is 0. The highest BCUT2D eigenvalue weighted by atomic mass is 35.5. The molecule has 2 rings (SSSR count). The van der Waals surface area contributed by atoms with Gasteiger partial charge in [-0.2, -0.15) is 0 Å². The summed E-state index contributed by atoms with van der Waals surface area (Å²) in [4.78, 5) is 35.4. The lowest BCUT2D eigenvalue weighted by molar-refractivity contribution is -0.120. The van der Waals surface area contributed by atoms with Crippen molar-refractivity contribution in [1.82, 2.24) is 16.2 Å². The molecule has 0 radical (unpaired) electrons. The van der Waals surface area contributed by atoms with E-state index in [-0.39, 0.29) is 17.1 Å². The molecular weight excluding hydrogens is 353 g/mol. The van der Waals surface area contributed by atoms with E-state index in [4.69, 9.17) is 23.2 Å². The molecule has 0 bridgehead atoms. The minimum Gasteiger partial charge on any atom is -0.343 e.